The molecule has 0 radical (unpaired) electrons. The molecule has 188 valence electrons. The van der Waals surface area contributed by atoms with Crippen molar-refractivity contribution in [3.8, 4) is 0 Å². The summed E-state index contributed by atoms with van der Waals surface area (Å²) in [5.74, 6) is -2.46. The summed E-state index contributed by atoms with van der Waals surface area (Å²) in [4.78, 5) is 20.9. The summed E-state index contributed by atoms with van der Waals surface area (Å²) in [5.41, 5.74) is 2.68. The van der Waals surface area contributed by atoms with E-state index < -0.39 is 11.9 Å². The van der Waals surface area contributed by atoms with E-state index in [2.05, 4.69) is 38.1 Å². The molecule has 4 nitrogen and oxygen atoms in total. The van der Waals surface area contributed by atoms with E-state index in [0.717, 1.165) is 0 Å². The highest BCUT2D eigenvalue weighted by molar-refractivity contribution is 6.01. The molecule has 0 aliphatic heterocycles. The fourth-order valence-electron chi connectivity index (χ4n) is 3.95. The van der Waals surface area contributed by atoms with Gasteiger partial charge < -0.3 is 10.2 Å². The average molecular weight is 469 g/mol. The number of hydrogen-bond acceptors (Lipinski definition) is 2. The van der Waals surface area contributed by atoms with E-state index >= 15 is 0 Å². The summed E-state index contributed by atoms with van der Waals surface area (Å²) >= 11 is 0. The third-order valence-electron chi connectivity index (χ3n) is 6.05. The lowest BCUT2D eigenvalue weighted by Crippen LogP contribution is -2.06. The number of hydrogen-bond donors (Lipinski definition) is 2. The van der Waals surface area contributed by atoms with E-state index in [-0.39, 0.29) is 11.1 Å². The number of aryl methyl sites for hydroxylation is 2. The quantitative estimate of drug-likeness (QED) is 0.242. The van der Waals surface area contributed by atoms with E-state index in [1.165, 1.54) is 125 Å². The van der Waals surface area contributed by atoms with Gasteiger partial charge in [0.25, 0.3) is 0 Å². The fraction of sp³-hybridized carbons (Fsp3) is 0.533. The minimum absolute atomic E-state index is 0.190. The second-order valence-electron chi connectivity index (χ2n) is 9.01. The normalized spacial score (nSPS) is 10.4. The van der Waals surface area contributed by atoms with Gasteiger partial charge in [-0.25, -0.2) is 9.59 Å². The fourth-order valence-corrected chi connectivity index (χ4v) is 3.95. The minimum atomic E-state index is -1.23. The zero-order chi connectivity index (χ0) is 25.0. The summed E-state index contributed by atoms with van der Waals surface area (Å²) in [7, 11) is 0. The molecule has 2 rings (SSSR count). The van der Waals surface area contributed by atoms with Gasteiger partial charge in [0.1, 0.15) is 0 Å². The second kappa shape index (κ2) is 18.8. The molecule has 0 bridgehead atoms. The van der Waals surface area contributed by atoms with Crippen LogP contribution >= 0.6 is 0 Å². The van der Waals surface area contributed by atoms with Crippen LogP contribution in [0.25, 0.3) is 0 Å². The van der Waals surface area contributed by atoms with Crippen molar-refractivity contribution in [1.29, 1.82) is 0 Å². The number of carboxylic acids is 2. The maximum Gasteiger partial charge on any atom is 0.336 e. The van der Waals surface area contributed by atoms with Crippen LogP contribution in [0.1, 0.15) is 123 Å². The van der Waals surface area contributed by atoms with Crippen molar-refractivity contribution in [2.45, 2.75) is 104 Å². The van der Waals surface area contributed by atoms with E-state index in [1.54, 1.807) is 0 Å². The smallest absolute Gasteiger partial charge is 0.336 e. The van der Waals surface area contributed by atoms with Crippen LogP contribution in [0.5, 0.6) is 0 Å². The van der Waals surface area contributed by atoms with E-state index in [1.807, 2.05) is 0 Å². The Morgan fingerprint density at radius 3 is 1.18 bits per heavy atom. The minimum Gasteiger partial charge on any atom is -0.478 e. The average Bonchev–Trinajstić information content (AvgIpc) is 2.84. The predicted octanol–water partition coefficient (Wildman–Crippen LogP) is 8.58. The van der Waals surface area contributed by atoms with Crippen LogP contribution in [-0.4, -0.2) is 22.2 Å². The van der Waals surface area contributed by atoms with E-state index in [0.29, 0.717) is 0 Å². The Labute approximate surface area is 206 Å². The van der Waals surface area contributed by atoms with Gasteiger partial charge in [-0.2, -0.15) is 0 Å². The highest BCUT2D eigenvalue weighted by Crippen LogP contribution is 2.14. The zero-order valence-corrected chi connectivity index (χ0v) is 21.2. The van der Waals surface area contributed by atoms with Crippen LogP contribution in [0.2, 0.25) is 0 Å². The van der Waals surface area contributed by atoms with Crippen molar-refractivity contribution in [3.05, 3.63) is 70.8 Å². The Kier molecular flexibility index (Phi) is 16.2. The van der Waals surface area contributed by atoms with Gasteiger partial charge in [0.15, 0.2) is 0 Å². The Hall–Kier alpha value is -2.62. The molecule has 0 aromatic heterocycles. The van der Waals surface area contributed by atoms with Crippen molar-refractivity contribution >= 4 is 11.9 Å². The molecule has 2 aromatic rings. The first kappa shape index (κ1) is 29.4. The lowest BCUT2D eigenvalue weighted by molar-refractivity contribution is 0.0651. The second-order valence-corrected chi connectivity index (χ2v) is 9.01. The highest BCUT2D eigenvalue weighted by atomic mass is 16.4. The first-order valence-electron chi connectivity index (χ1n) is 13.1. The SMILES string of the molecule is CCCCCCCCc1ccc(CCCCCCCC)cc1.O=C(O)c1ccccc1C(=O)O. The summed E-state index contributed by atoms with van der Waals surface area (Å²) in [5, 5.41) is 17.1. The summed E-state index contributed by atoms with van der Waals surface area (Å²) in [6.45, 7) is 4.57. The molecule has 2 N–H and O–H groups in total. The molecule has 0 atom stereocenters. The molecule has 0 aliphatic rings. The molecule has 0 amide bonds. The standard InChI is InChI=1S/C22H38.C8H6O4/c1-3-5-7-9-11-13-15-21-17-19-22(20-18-21)16-14-12-10-8-6-4-2;9-7(10)5-3-1-2-4-6(5)8(11)12/h17-20H,3-16H2,1-2H3;1-4H,(H,9,10)(H,11,12). The molecule has 0 saturated carbocycles. The van der Waals surface area contributed by atoms with Crippen LogP contribution in [0.4, 0.5) is 0 Å². The largest absolute Gasteiger partial charge is 0.478 e. The van der Waals surface area contributed by atoms with Crippen molar-refractivity contribution in [2.24, 2.45) is 0 Å². The van der Waals surface area contributed by atoms with Gasteiger partial charge >= 0.3 is 11.9 Å². The van der Waals surface area contributed by atoms with Gasteiger partial charge in [-0.15, -0.1) is 0 Å². The summed E-state index contributed by atoms with van der Waals surface area (Å²) in [6.07, 6.45) is 19.3. The first-order valence-corrected chi connectivity index (χ1v) is 13.1. The summed E-state index contributed by atoms with van der Waals surface area (Å²) < 4.78 is 0. The Balaban J connectivity index is 0.000000404. The van der Waals surface area contributed by atoms with Crippen molar-refractivity contribution in [3.63, 3.8) is 0 Å². The molecule has 0 saturated heterocycles. The number of unbranched alkanes of at least 4 members (excludes halogenated alkanes) is 10. The van der Waals surface area contributed by atoms with Gasteiger partial charge in [0, 0.05) is 0 Å². The Morgan fingerprint density at radius 2 is 0.853 bits per heavy atom. The van der Waals surface area contributed by atoms with Crippen LogP contribution < -0.4 is 0 Å². The van der Waals surface area contributed by atoms with Crippen LogP contribution in [0.15, 0.2) is 48.5 Å². The molecule has 0 heterocycles. The van der Waals surface area contributed by atoms with Crippen LogP contribution in [0.3, 0.4) is 0 Å². The number of carboxylic acid groups (broad SMARTS) is 2. The molecule has 4 heteroatoms. The van der Waals surface area contributed by atoms with Gasteiger partial charge in [-0.1, -0.05) is 114 Å². The Bertz CT molecular complexity index is 743. The molecule has 0 aliphatic carbocycles. The van der Waals surface area contributed by atoms with Crippen molar-refractivity contribution in [1.82, 2.24) is 0 Å². The number of carbonyl (C=O) groups is 2. The Morgan fingerprint density at radius 1 is 0.529 bits per heavy atom. The molecule has 2 aromatic carbocycles. The number of rotatable bonds is 16. The molecular formula is C30H44O4. The monoisotopic (exact) mass is 468 g/mol. The van der Waals surface area contributed by atoms with Gasteiger partial charge in [0.2, 0.25) is 0 Å². The topological polar surface area (TPSA) is 74.6 Å². The predicted molar refractivity (Wildman–Crippen MR) is 141 cm³/mol. The molecule has 34 heavy (non-hydrogen) atoms. The van der Waals surface area contributed by atoms with Crippen LogP contribution in [0, 0.1) is 0 Å². The number of aromatic carboxylic acids is 2. The zero-order valence-electron chi connectivity index (χ0n) is 21.2. The van der Waals surface area contributed by atoms with Gasteiger partial charge in [-0.3, -0.25) is 0 Å². The van der Waals surface area contributed by atoms with Gasteiger partial charge in [-0.05, 0) is 48.9 Å². The van der Waals surface area contributed by atoms with Crippen LogP contribution in [-0.2, 0) is 12.8 Å². The molecule has 0 fully saturated rings. The van der Waals surface area contributed by atoms with E-state index in [9.17, 15) is 9.59 Å². The first-order chi connectivity index (χ1) is 16.5. The third-order valence-corrected chi connectivity index (χ3v) is 6.05. The lowest BCUT2D eigenvalue weighted by Gasteiger charge is -2.05. The van der Waals surface area contributed by atoms with Crippen molar-refractivity contribution < 1.29 is 19.8 Å². The molecule has 0 spiro atoms. The molecular weight excluding hydrogens is 424 g/mol. The third kappa shape index (κ3) is 13.2. The summed E-state index contributed by atoms with van der Waals surface area (Å²) in [6, 6.07) is 14.9. The van der Waals surface area contributed by atoms with E-state index in [4.69, 9.17) is 10.2 Å². The maximum atomic E-state index is 10.5. The van der Waals surface area contributed by atoms with Crippen molar-refractivity contribution in [2.75, 3.05) is 0 Å². The molecule has 0 unspecified atom stereocenters. The lowest BCUT2D eigenvalue weighted by atomic mass is 10.0. The maximum absolute atomic E-state index is 10.5. The van der Waals surface area contributed by atoms with Gasteiger partial charge in [0.05, 0.1) is 11.1 Å². The highest BCUT2D eigenvalue weighted by Gasteiger charge is 2.13. The number of benzene rings is 2.